The number of ether oxygens (including phenoxy) is 3. The highest BCUT2D eigenvalue weighted by atomic mass is 16.5. The first-order chi connectivity index (χ1) is 17.6. The molecule has 9 nitrogen and oxygen atoms in total. The zero-order valence-corrected chi connectivity index (χ0v) is 19.7. The van der Waals surface area contributed by atoms with Gasteiger partial charge in [0.2, 0.25) is 5.91 Å². The summed E-state index contributed by atoms with van der Waals surface area (Å²) in [6.45, 7) is 0.606. The van der Waals surface area contributed by atoms with E-state index >= 15 is 0 Å². The van der Waals surface area contributed by atoms with E-state index in [0.717, 1.165) is 5.75 Å². The van der Waals surface area contributed by atoms with Crippen molar-refractivity contribution < 1.29 is 23.8 Å². The lowest BCUT2D eigenvalue weighted by Gasteiger charge is -2.12. The van der Waals surface area contributed by atoms with Crippen LogP contribution in [0.5, 0.6) is 17.2 Å². The number of carbonyl (C=O) groups is 2. The maximum Gasteiger partial charge on any atom is 0.259 e. The van der Waals surface area contributed by atoms with Crippen molar-refractivity contribution in [1.29, 1.82) is 0 Å². The van der Waals surface area contributed by atoms with Gasteiger partial charge in [-0.25, -0.2) is 0 Å². The number of carbonyl (C=O) groups excluding carboxylic acids is 2. The number of hydrogen-bond acceptors (Lipinski definition) is 6. The molecule has 9 heteroatoms. The molecule has 0 fully saturated rings. The lowest BCUT2D eigenvalue weighted by Crippen LogP contribution is -2.19. The summed E-state index contributed by atoms with van der Waals surface area (Å²) < 4.78 is 18.0. The number of hydrogen-bond donors (Lipinski definition) is 2. The number of benzene rings is 3. The Hall–Kier alpha value is -4.79. The van der Waals surface area contributed by atoms with E-state index in [4.69, 9.17) is 14.2 Å². The average molecular weight is 487 g/mol. The van der Waals surface area contributed by atoms with Crippen LogP contribution in [0.3, 0.4) is 0 Å². The minimum atomic E-state index is -0.350. The van der Waals surface area contributed by atoms with Crippen molar-refractivity contribution in [1.82, 2.24) is 9.78 Å². The Balaban J connectivity index is 1.29. The Kier molecular flexibility index (Phi) is 8.16. The summed E-state index contributed by atoms with van der Waals surface area (Å²) in [6.07, 6.45) is 3.07. The minimum Gasteiger partial charge on any atom is -0.497 e. The zero-order chi connectivity index (χ0) is 25.2. The molecule has 2 amide bonds. The monoisotopic (exact) mass is 486 g/mol. The SMILES string of the molecule is COc1ccc(NC(=O)Cn2cc(NC(=O)c3ccccc3OCCOc3ccccc3)cn2)cc1. The van der Waals surface area contributed by atoms with Gasteiger partial charge in [0.05, 0.1) is 24.6 Å². The van der Waals surface area contributed by atoms with E-state index in [1.165, 1.54) is 10.9 Å². The Morgan fingerprint density at radius 2 is 1.53 bits per heavy atom. The van der Waals surface area contributed by atoms with Gasteiger partial charge in [0.15, 0.2) is 0 Å². The number of anilines is 2. The van der Waals surface area contributed by atoms with E-state index < -0.39 is 0 Å². The molecular formula is C27H26N4O5. The Morgan fingerprint density at radius 1 is 0.806 bits per heavy atom. The summed E-state index contributed by atoms with van der Waals surface area (Å²) in [4.78, 5) is 25.2. The molecule has 1 aromatic heterocycles. The van der Waals surface area contributed by atoms with E-state index in [1.807, 2.05) is 30.3 Å². The first-order valence-corrected chi connectivity index (χ1v) is 11.3. The summed E-state index contributed by atoms with van der Waals surface area (Å²) >= 11 is 0. The molecule has 4 aromatic rings. The van der Waals surface area contributed by atoms with Gasteiger partial charge in [-0.05, 0) is 48.5 Å². The van der Waals surface area contributed by atoms with Crippen LogP contribution < -0.4 is 24.8 Å². The van der Waals surface area contributed by atoms with Gasteiger partial charge in [-0.3, -0.25) is 14.3 Å². The molecule has 36 heavy (non-hydrogen) atoms. The number of aromatic nitrogens is 2. The molecule has 0 aliphatic carbocycles. The third kappa shape index (κ3) is 6.86. The van der Waals surface area contributed by atoms with Crippen LogP contribution in [0.2, 0.25) is 0 Å². The van der Waals surface area contributed by atoms with Gasteiger partial charge in [0.25, 0.3) is 5.91 Å². The largest absolute Gasteiger partial charge is 0.497 e. The molecule has 0 spiro atoms. The van der Waals surface area contributed by atoms with Crippen LogP contribution in [0.4, 0.5) is 11.4 Å². The molecule has 184 valence electrons. The van der Waals surface area contributed by atoms with Gasteiger partial charge in [0, 0.05) is 11.9 Å². The molecule has 0 saturated heterocycles. The van der Waals surface area contributed by atoms with Gasteiger partial charge < -0.3 is 24.8 Å². The molecule has 0 atom stereocenters. The fourth-order valence-electron chi connectivity index (χ4n) is 3.34. The van der Waals surface area contributed by atoms with Crippen LogP contribution in [0, 0.1) is 0 Å². The number of para-hydroxylation sites is 2. The number of nitrogens with zero attached hydrogens (tertiary/aromatic N) is 2. The third-order valence-corrected chi connectivity index (χ3v) is 5.06. The maximum atomic E-state index is 12.9. The molecule has 1 heterocycles. The number of rotatable bonds is 11. The van der Waals surface area contributed by atoms with Gasteiger partial charge in [-0.1, -0.05) is 30.3 Å². The predicted octanol–water partition coefficient (Wildman–Crippen LogP) is 4.24. The van der Waals surface area contributed by atoms with Crippen LogP contribution >= 0.6 is 0 Å². The van der Waals surface area contributed by atoms with E-state index in [0.29, 0.717) is 35.0 Å². The number of methoxy groups -OCH3 is 1. The molecule has 2 N–H and O–H groups in total. The predicted molar refractivity (Wildman–Crippen MR) is 136 cm³/mol. The fourth-order valence-corrected chi connectivity index (χ4v) is 3.34. The normalized spacial score (nSPS) is 10.4. The maximum absolute atomic E-state index is 12.9. The zero-order valence-electron chi connectivity index (χ0n) is 19.7. The molecule has 0 bridgehead atoms. The Morgan fingerprint density at radius 3 is 2.31 bits per heavy atom. The van der Waals surface area contributed by atoms with Gasteiger partial charge in [-0.2, -0.15) is 5.10 Å². The van der Waals surface area contributed by atoms with Crippen molar-refractivity contribution >= 4 is 23.2 Å². The molecule has 0 aliphatic heterocycles. The number of nitrogens with one attached hydrogen (secondary N) is 2. The summed E-state index contributed by atoms with van der Waals surface area (Å²) in [7, 11) is 1.58. The van der Waals surface area contributed by atoms with Crippen LogP contribution in [0.25, 0.3) is 0 Å². The van der Waals surface area contributed by atoms with Crippen molar-refractivity contribution in [2.45, 2.75) is 6.54 Å². The molecule has 3 aromatic carbocycles. The highest BCUT2D eigenvalue weighted by Crippen LogP contribution is 2.20. The van der Waals surface area contributed by atoms with E-state index in [9.17, 15) is 9.59 Å². The summed E-state index contributed by atoms with van der Waals surface area (Å²) in [5.41, 5.74) is 1.48. The Bertz CT molecular complexity index is 1290. The quantitative estimate of drug-likeness (QED) is 0.307. The molecule has 0 saturated carbocycles. The first-order valence-electron chi connectivity index (χ1n) is 11.3. The van der Waals surface area contributed by atoms with Crippen molar-refractivity contribution in [3.8, 4) is 17.2 Å². The number of amides is 2. The van der Waals surface area contributed by atoms with Crippen molar-refractivity contribution in [3.05, 3.63) is 96.8 Å². The summed E-state index contributed by atoms with van der Waals surface area (Å²) in [5, 5.41) is 9.74. The van der Waals surface area contributed by atoms with Crippen molar-refractivity contribution in [2.75, 3.05) is 31.0 Å². The molecule has 0 radical (unpaired) electrons. The Labute approximate surface area is 208 Å². The molecular weight excluding hydrogens is 460 g/mol. The van der Waals surface area contributed by atoms with Gasteiger partial charge in [0.1, 0.15) is 37.0 Å². The van der Waals surface area contributed by atoms with E-state index in [-0.39, 0.29) is 25.0 Å². The highest BCUT2D eigenvalue weighted by Gasteiger charge is 2.14. The minimum absolute atomic E-state index is 0.0109. The lowest BCUT2D eigenvalue weighted by molar-refractivity contribution is -0.116. The van der Waals surface area contributed by atoms with Crippen LogP contribution in [-0.4, -0.2) is 41.9 Å². The van der Waals surface area contributed by atoms with Crippen LogP contribution in [-0.2, 0) is 11.3 Å². The average Bonchev–Trinajstić information content (AvgIpc) is 3.34. The summed E-state index contributed by atoms with van der Waals surface area (Å²) in [5.74, 6) is 1.29. The lowest BCUT2D eigenvalue weighted by atomic mass is 10.2. The third-order valence-electron chi connectivity index (χ3n) is 5.06. The van der Waals surface area contributed by atoms with Crippen LogP contribution in [0.15, 0.2) is 91.3 Å². The fraction of sp³-hybridized carbons (Fsp3) is 0.148. The van der Waals surface area contributed by atoms with Gasteiger partial charge >= 0.3 is 0 Å². The second kappa shape index (κ2) is 12.1. The van der Waals surface area contributed by atoms with Crippen molar-refractivity contribution in [3.63, 3.8) is 0 Å². The molecule has 4 rings (SSSR count). The molecule has 0 unspecified atom stereocenters. The molecule has 0 aliphatic rings. The second-order valence-electron chi connectivity index (χ2n) is 7.66. The topological polar surface area (TPSA) is 104 Å². The van der Waals surface area contributed by atoms with Crippen molar-refractivity contribution in [2.24, 2.45) is 0 Å². The standard InChI is InChI=1S/C27H26N4O5/c1-34-22-13-11-20(12-14-22)29-26(32)19-31-18-21(17-28-31)30-27(33)24-9-5-6-10-25(24)36-16-15-35-23-7-3-2-4-8-23/h2-14,17-18H,15-16,19H2,1H3,(H,29,32)(H,30,33). The van der Waals surface area contributed by atoms with E-state index in [1.54, 1.807) is 61.8 Å². The smallest absolute Gasteiger partial charge is 0.259 e. The first kappa shape index (κ1) is 24.3. The van der Waals surface area contributed by atoms with Crippen LogP contribution in [0.1, 0.15) is 10.4 Å². The van der Waals surface area contributed by atoms with Gasteiger partial charge in [-0.15, -0.1) is 0 Å². The highest BCUT2D eigenvalue weighted by molar-refractivity contribution is 6.06. The second-order valence-corrected chi connectivity index (χ2v) is 7.66. The summed E-state index contributed by atoms with van der Waals surface area (Å²) in [6, 6.07) is 23.4. The van der Waals surface area contributed by atoms with E-state index in [2.05, 4.69) is 15.7 Å².